The Morgan fingerprint density at radius 3 is 2.38 bits per heavy atom. The van der Waals surface area contributed by atoms with Crippen molar-refractivity contribution in [3.05, 3.63) is 23.8 Å². The summed E-state index contributed by atoms with van der Waals surface area (Å²) in [5, 5.41) is 0. The maximum atomic E-state index is 6.00. The highest BCUT2D eigenvalue weighted by molar-refractivity contribution is 7.81. The molecule has 0 bridgehead atoms. The molecular weight excluding hydrogens is 341 g/mol. The maximum absolute atomic E-state index is 6.00. The minimum Gasteiger partial charge on any atom is -0.481 e. The number of unbranched alkanes of at least 4 members (excludes halogenated alkanes) is 1. The van der Waals surface area contributed by atoms with Crippen LogP contribution in [-0.4, -0.2) is 30.3 Å². The van der Waals surface area contributed by atoms with Crippen LogP contribution in [0.3, 0.4) is 0 Å². The molecule has 1 aromatic carbocycles. The van der Waals surface area contributed by atoms with Gasteiger partial charge in [0.1, 0.15) is 0 Å². The molecule has 0 atom stereocenters. The molecule has 0 aliphatic rings. The molecule has 26 heavy (non-hydrogen) atoms. The second-order valence-electron chi connectivity index (χ2n) is 8.16. The van der Waals surface area contributed by atoms with E-state index in [0.717, 1.165) is 42.1 Å². The zero-order chi connectivity index (χ0) is 20.0. The molecule has 1 radical (unpaired) electrons. The molecule has 145 valence electrons. The van der Waals surface area contributed by atoms with Gasteiger partial charge in [-0.2, -0.15) is 12.6 Å². The van der Waals surface area contributed by atoms with E-state index in [2.05, 4.69) is 60.2 Å². The lowest BCUT2D eigenvalue weighted by atomic mass is 9.83. The topological polar surface area (TPSA) is 30.8 Å². The lowest BCUT2D eigenvalue weighted by Crippen LogP contribution is -2.45. The van der Waals surface area contributed by atoms with E-state index >= 15 is 0 Å². The first-order chi connectivity index (χ1) is 12.0. The van der Waals surface area contributed by atoms with Crippen LogP contribution in [-0.2, 0) is 9.39 Å². The lowest BCUT2D eigenvalue weighted by molar-refractivity contribution is 0.0854. The summed E-state index contributed by atoms with van der Waals surface area (Å²) in [6.45, 7) is 17.4. The second kappa shape index (κ2) is 9.84. The van der Waals surface area contributed by atoms with E-state index in [4.69, 9.17) is 14.4 Å². The lowest BCUT2D eigenvalue weighted by Gasteiger charge is -2.38. The number of aliphatic imine (C=N–C) groups is 1. The Balaban J connectivity index is 2.87. The van der Waals surface area contributed by atoms with Crippen molar-refractivity contribution in [2.75, 3.05) is 6.61 Å². The molecule has 0 spiro atoms. The molecule has 0 N–H and O–H groups in total. The first-order valence-electron chi connectivity index (χ1n) is 9.53. The molecule has 0 aliphatic carbocycles. The summed E-state index contributed by atoms with van der Waals surface area (Å²) in [4.78, 5) is 4.75. The molecule has 0 saturated heterocycles. The molecular formula is C21H35BNO2S. The second-order valence-corrected chi connectivity index (χ2v) is 9.28. The molecule has 0 saturated carbocycles. The van der Waals surface area contributed by atoms with Crippen LogP contribution in [0, 0.1) is 12.8 Å². The van der Waals surface area contributed by atoms with Gasteiger partial charge in [0.2, 0.25) is 0 Å². The fourth-order valence-corrected chi connectivity index (χ4v) is 2.06. The van der Waals surface area contributed by atoms with Gasteiger partial charge in [0.05, 0.1) is 17.9 Å². The molecule has 0 aromatic heterocycles. The summed E-state index contributed by atoms with van der Waals surface area (Å²) in [6.07, 6.45) is 2.17. The largest absolute Gasteiger partial charge is 0.481 e. The SMILES string of the molecule is CCCCOC(=Nc1ccc([B]OC(C)(C)C(C)(C)S)cc1C)C(C)C. The molecule has 0 amide bonds. The molecule has 0 fully saturated rings. The zero-order valence-electron chi connectivity index (χ0n) is 17.7. The van der Waals surface area contributed by atoms with Crippen LogP contribution in [0.2, 0.25) is 0 Å². The number of hydrogen-bond donors (Lipinski definition) is 1. The fourth-order valence-electron chi connectivity index (χ4n) is 2.00. The summed E-state index contributed by atoms with van der Waals surface area (Å²) in [5.41, 5.74) is 2.68. The van der Waals surface area contributed by atoms with Gasteiger partial charge in [-0.05, 0) is 52.7 Å². The van der Waals surface area contributed by atoms with Gasteiger partial charge in [-0.25, -0.2) is 4.99 Å². The Bertz CT molecular complexity index is 607. The number of rotatable bonds is 9. The minimum absolute atomic E-state index is 0.245. The van der Waals surface area contributed by atoms with Gasteiger partial charge in [-0.1, -0.05) is 44.8 Å². The van der Waals surface area contributed by atoms with Gasteiger partial charge in [-0.15, -0.1) is 0 Å². The predicted octanol–water partition coefficient (Wildman–Crippen LogP) is 5.25. The van der Waals surface area contributed by atoms with Crippen LogP contribution in [0.5, 0.6) is 0 Å². The Morgan fingerprint density at radius 1 is 1.23 bits per heavy atom. The van der Waals surface area contributed by atoms with Crippen molar-refractivity contribution in [1.29, 1.82) is 0 Å². The van der Waals surface area contributed by atoms with Gasteiger partial charge >= 0.3 is 7.48 Å². The summed E-state index contributed by atoms with van der Waals surface area (Å²) < 4.78 is 11.6. The Labute approximate surface area is 166 Å². The van der Waals surface area contributed by atoms with Crippen molar-refractivity contribution in [3.8, 4) is 0 Å². The summed E-state index contributed by atoms with van der Waals surface area (Å²) in [5.74, 6) is 1.06. The van der Waals surface area contributed by atoms with E-state index in [1.54, 1.807) is 7.48 Å². The zero-order valence-corrected chi connectivity index (χ0v) is 18.6. The van der Waals surface area contributed by atoms with Crippen LogP contribution in [0.4, 0.5) is 5.69 Å². The van der Waals surface area contributed by atoms with Crippen molar-refractivity contribution in [1.82, 2.24) is 0 Å². The third-order valence-electron chi connectivity index (χ3n) is 4.66. The average Bonchev–Trinajstić information content (AvgIpc) is 2.52. The first kappa shape index (κ1) is 23.1. The monoisotopic (exact) mass is 376 g/mol. The quantitative estimate of drug-likeness (QED) is 0.210. The third kappa shape index (κ3) is 7.00. The van der Waals surface area contributed by atoms with Crippen molar-refractivity contribution >= 4 is 37.2 Å². The number of thiol groups is 1. The number of nitrogens with zero attached hydrogens (tertiary/aromatic N) is 1. The summed E-state index contributed by atoms with van der Waals surface area (Å²) in [6, 6.07) is 6.14. The average molecular weight is 376 g/mol. The molecule has 0 heterocycles. The van der Waals surface area contributed by atoms with Crippen LogP contribution in [0.1, 0.15) is 66.9 Å². The molecule has 0 unspecified atom stereocenters. The normalized spacial score (nSPS) is 13.2. The first-order valence-corrected chi connectivity index (χ1v) is 9.98. The van der Waals surface area contributed by atoms with E-state index in [0.29, 0.717) is 0 Å². The number of ether oxygens (including phenoxy) is 1. The van der Waals surface area contributed by atoms with Crippen molar-refractivity contribution in [2.24, 2.45) is 10.9 Å². The Hall–Kier alpha value is -0.935. The van der Waals surface area contributed by atoms with Crippen LogP contribution < -0.4 is 5.46 Å². The van der Waals surface area contributed by atoms with Gasteiger partial charge in [0.25, 0.3) is 0 Å². The van der Waals surface area contributed by atoms with Crippen LogP contribution >= 0.6 is 12.6 Å². The van der Waals surface area contributed by atoms with Crippen LogP contribution in [0.15, 0.2) is 23.2 Å². The van der Waals surface area contributed by atoms with E-state index in [1.807, 2.05) is 26.0 Å². The third-order valence-corrected chi connectivity index (χ3v) is 5.19. The number of hydrogen-bond acceptors (Lipinski definition) is 4. The van der Waals surface area contributed by atoms with Crippen molar-refractivity contribution in [2.45, 2.75) is 78.6 Å². The van der Waals surface area contributed by atoms with Crippen molar-refractivity contribution < 1.29 is 9.39 Å². The molecule has 5 heteroatoms. The molecule has 1 aromatic rings. The highest BCUT2D eigenvalue weighted by Crippen LogP contribution is 2.30. The van der Waals surface area contributed by atoms with Crippen molar-refractivity contribution in [3.63, 3.8) is 0 Å². The van der Waals surface area contributed by atoms with Crippen LogP contribution in [0.25, 0.3) is 0 Å². The minimum atomic E-state index is -0.376. The molecule has 1 rings (SSSR count). The summed E-state index contributed by atoms with van der Waals surface area (Å²) >= 11 is 4.63. The number of benzene rings is 1. The fraction of sp³-hybridized carbons (Fsp3) is 0.667. The highest BCUT2D eigenvalue weighted by Gasteiger charge is 2.34. The van der Waals surface area contributed by atoms with Gasteiger partial charge in [0, 0.05) is 10.7 Å². The smallest absolute Gasteiger partial charge is 0.330 e. The van der Waals surface area contributed by atoms with E-state index in [9.17, 15) is 0 Å². The van der Waals surface area contributed by atoms with Gasteiger partial charge < -0.3 is 9.39 Å². The summed E-state index contributed by atoms with van der Waals surface area (Å²) in [7, 11) is 1.81. The Kier molecular flexibility index (Phi) is 8.75. The van der Waals surface area contributed by atoms with E-state index in [-0.39, 0.29) is 16.3 Å². The standard InChI is InChI=1S/C21H35BNO2S/c1-9-10-13-24-19(15(2)3)23-18-12-11-17(14-16(18)4)22-25-20(5,6)21(7,8)26/h11-12,14-15,26H,9-10,13H2,1-8H3. The maximum Gasteiger partial charge on any atom is 0.330 e. The van der Waals surface area contributed by atoms with Gasteiger partial charge in [0.15, 0.2) is 5.90 Å². The molecule has 3 nitrogen and oxygen atoms in total. The van der Waals surface area contributed by atoms with E-state index < -0.39 is 0 Å². The highest BCUT2D eigenvalue weighted by atomic mass is 32.1. The Morgan fingerprint density at radius 2 is 1.88 bits per heavy atom. The molecule has 0 aliphatic heterocycles. The predicted molar refractivity (Wildman–Crippen MR) is 118 cm³/mol. The number of aryl methyl sites for hydroxylation is 1. The van der Waals surface area contributed by atoms with Gasteiger partial charge in [-0.3, -0.25) is 0 Å². The van der Waals surface area contributed by atoms with E-state index in [1.165, 1.54) is 0 Å².